The molecule has 0 unspecified atom stereocenters. The minimum absolute atomic E-state index is 0.0835. The van der Waals surface area contributed by atoms with Crippen LogP contribution in [0.5, 0.6) is 0 Å². The standard InChI is InChI=1S/C12H16N4OS/c1-7-10(6-18-11(7)5-17)15-4-9-3-14-8(2)16-12(9)13/h3,6,15,17H,4-5H2,1-2H3,(H2,13,14,16)/p+1. The lowest BCUT2D eigenvalue weighted by Gasteiger charge is -2.05. The number of H-pyrrole nitrogens is 1. The van der Waals surface area contributed by atoms with Crippen molar-refractivity contribution in [1.29, 1.82) is 0 Å². The highest BCUT2D eigenvalue weighted by Gasteiger charge is 2.10. The van der Waals surface area contributed by atoms with Crippen LogP contribution < -0.4 is 16.0 Å². The number of thiophene rings is 1. The van der Waals surface area contributed by atoms with E-state index in [0.717, 1.165) is 27.5 Å². The third-order valence-corrected chi connectivity index (χ3v) is 3.90. The van der Waals surface area contributed by atoms with E-state index in [1.807, 2.05) is 25.4 Å². The lowest BCUT2D eigenvalue weighted by Crippen LogP contribution is -2.15. The van der Waals surface area contributed by atoms with E-state index in [9.17, 15) is 0 Å². The maximum Gasteiger partial charge on any atom is 0.295 e. The first-order chi connectivity index (χ1) is 8.61. The molecule has 0 aliphatic carbocycles. The maximum atomic E-state index is 9.14. The molecule has 2 aromatic heterocycles. The lowest BCUT2D eigenvalue weighted by molar-refractivity contribution is -0.393. The zero-order valence-electron chi connectivity index (χ0n) is 10.4. The summed E-state index contributed by atoms with van der Waals surface area (Å²) in [5, 5.41) is 14.4. The number of aromatic amines is 1. The van der Waals surface area contributed by atoms with E-state index in [4.69, 9.17) is 10.8 Å². The fraction of sp³-hybridized carbons (Fsp3) is 0.333. The van der Waals surface area contributed by atoms with Crippen LogP contribution in [0.15, 0.2) is 11.6 Å². The molecule has 96 valence electrons. The molecule has 0 atom stereocenters. The van der Waals surface area contributed by atoms with Crippen molar-refractivity contribution < 1.29 is 10.1 Å². The minimum Gasteiger partial charge on any atom is -0.391 e. The molecule has 0 aliphatic heterocycles. The second-order valence-electron chi connectivity index (χ2n) is 4.11. The topological polar surface area (TPSA) is 85.3 Å². The van der Waals surface area contributed by atoms with E-state index in [1.165, 1.54) is 0 Å². The molecular formula is C12H17N4OS+. The molecule has 0 radical (unpaired) electrons. The van der Waals surface area contributed by atoms with Gasteiger partial charge < -0.3 is 16.2 Å². The van der Waals surface area contributed by atoms with Gasteiger partial charge >= 0.3 is 0 Å². The molecule has 0 fully saturated rings. The van der Waals surface area contributed by atoms with Crippen molar-refractivity contribution in [2.24, 2.45) is 0 Å². The summed E-state index contributed by atoms with van der Waals surface area (Å²) in [4.78, 5) is 8.20. The molecule has 0 bridgehead atoms. The summed E-state index contributed by atoms with van der Waals surface area (Å²) in [5.74, 6) is 1.33. The summed E-state index contributed by atoms with van der Waals surface area (Å²) in [6, 6.07) is 0. The van der Waals surface area contributed by atoms with Gasteiger partial charge in [-0.2, -0.15) is 0 Å². The molecule has 5 nitrogen and oxygen atoms in total. The predicted molar refractivity (Wildman–Crippen MR) is 72.2 cm³/mol. The van der Waals surface area contributed by atoms with Crippen LogP contribution in [0.1, 0.15) is 21.8 Å². The Balaban J connectivity index is 2.09. The van der Waals surface area contributed by atoms with Gasteiger partial charge in [-0.3, -0.25) is 0 Å². The number of nitrogen functional groups attached to an aromatic ring is 1. The number of hydrogen-bond acceptors (Lipinski definition) is 5. The van der Waals surface area contributed by atoms with Gasteiger partial charge in [-0.25, -0.2) is 4.98 Å². The van der Waals surface area contributed by atoms with Crippen molar-refractivity contribution in [3.05, 3.63) is 33.4 Å². The molecule has 0 saturated carbocycles. The summed E-state index contributed by atoms with van der Waals surface area (Å²) in [6.45, 7) is 4.55. The molecule has 2 rings (SSSR count). The van der Waals surface area contributed by atoms with Crippen LogP contribution in [0.4, 0.5) is 11.5 Å². The second kappa shape index (κ2) is 5.32. The van der Waals surface area contributed by atoms with E-state index in [2.05, 4.69) is 15.3 Å². The molecule has 0 aliphatic rings. The summed E-state index contributed by atoms with van der Waals surface area (Å²) >= 11 is 1.55. The first-order valence-corrected chi connectivity index (χ1v) is 6.55. The third kappa shape index (κ3) is 2.60. The number of nitrogens with zero attached hydrogens (tertiary/aromatic N) is 1. The molecule has 0 aromatic carbocycles. The quantitative estimate of drug-likeness (QED) is 0.777. The first kappa shape index (κ1) is 12.8. The highest BCUT2D eigenvalue weighted by molar-refractivity contribution is 7.10. The van der Waals surface area contributed by atoms with Crippen molar-refractivity contribution >= 4 is 22.8 Å². The van der Waals surface area contributed by atoms with Crippen molar-refractivity contribution in [3.63, 3.8) is 0 Å². The largest absolute Gasteiger partial charge is 0.391 e. The van der Waals surface area contributed by atoms with Crippen LogP contribution in [0.25, 0.3) is 0 Å². The molecule has 2 aromatic rings. The molecule has 18 heavy (non-hydrogen) atoms. The van der Waals surface area contributed by atoms with E-state index in [1.54, 1.807) is 11.3 Å². The van der Waals surface area contributed by atoms with E-state index < -0.39 is 0 Å². The van der Waals surface area contributed by atoms with Gasteiger partial charge in [-0.15, -0.1) is 11.3 Å². The summed E-state index contributed by atoms with van der Waals surface area (Å²) in [5.41, 5.74) is 8.89. The van der Waals surface area contributed by atoms with Gasteiger partial charge in [0, 0.05) is 29.4 Å². The number of hydrogen-bond donors (Lipinski definition) is 3. The number of aryl methyl sites for hydroxylation is 1. The maximum absolute atomic E-state index is 9.14. The Morgan fingerprint density at radius 3 is 2.89 bits per heavy atom. The number of rotatable bonds is 4. The number of anilines is 2. The number of nitrogens with two attached hydrogens (primary N) is 1. The number of aliphatic hydroxyl groups excluding tert-OH is 1. The van der Waals surface area contributed by atoms with Crippen LogP contribution in [0.2, 0.25) is 0 Å². The Hall–Kier alpha value is -1.66. The molecular weight excluding hydrogens is 248 g/mol. The Morgan fingerprint density at radius 1 is 1.50 bits per heavy atom. The zero-order valence-corrected chi connectivity index (χ0v) is 11.3. The van der Waals surface area contributed by atoms with Gasteiger partial charge in [0.1, 0.15) is 0 Å². The second-order valence-corrected chi connectivity index (χ2v) is 5.07. The number of nitrogens with one attached hydrogen (secondary N) is 2. The highest BCUT2D eigenvalue weighted by atomic mass is 32.1. The Bertz CT molecular complexity index is 553. The van der Waals surface area contributed by atoms with Crippen molar-refractivity contribution in [3.8, 4) is 0 Å². The van der Waals surface area contributed by atoms with Gasteiger partial charge in [0.15, 0.2) is 0 Å². The van der Waals surface area contributed by atoms with Gasteiger partial charge in [0.05, 0.1) is 18.4 Å². The Morgan fingerprint density at radius 2 is 2.28 bits per heavy atom. The van der Waals surface area contributed by atoms with Gasteiger partial charge in [-0.05, 0) is 17.5 Å². The van der Waals surface area contributed by atoms with Crippen LogP contribution in [-0.2, 0) is 13.2 Å². The molecule has 2 heterocycles. The van der Waals surface area contributed by atoms with Crippen LogP contribution in [0.3, 0.4) is 0 Å². The predicted octanol–water partition coefficient (Wildman–Crippen LogP) is 1.26. The van der Waals surface area contributed by atoms with E-state index >= 15 is 0 Å². The summed E-state index contributed by atoms with van der Waals surface area (Å²) in [7, 11) is 0. The Kier molecular flexibility index (Phi) is 3.78. The minimum atomic E-state index is 0.0835. The van der Waals surface area contributed by atoms with Crippen LogP contribution in [0, 0.1) is 13.8 Å². The lowest BCUT2D eigenvalue weighted by atomic mass is 10.2. The smallest absolute Gasteiger partial charge is 0.295 e. The highest BCUT2D eigenvalue weighted by Crippen LogP contribution is 2.26. The molecule has 0 saturated heterocycles. The normalized spacial score (nSPS) is 10.6. The fourth-order valence-electron chi connectivity index (χ4n) is 1.67. The van der Waals surface area contributed by atoms with Gasteiger partial charge in [0.25, 0.3) is 5.82 Å². The fourth-order valence-corrected chi connectivity index (χ4v) is 2.55. The average Bonchev–Trinajstić information content (AvgIpc) is 2.69. The Labute approximate surface area is 110 Å². The molecule has 0 amide bonds. The average molecular weight is 265 g/mol. The summed E-state index contributed by atoms with van der Waals surface area (Å²) in [6.07, 6.45) is 1.86. The van der Waals surface area contributed by atoms with Crippen molar-refractivity contribution in [1.82, 2.24) is 4.98 Å². The monoisotopic (exact) mass is 265 g/mol. The molecule has 5 N–H and O–H groups in total. The summed E-state index contributed by atoms with van der Waals surface area (Å²) < 4.78 is 0. The van der Waals surface area contributed by atoms with Gasteiger partial charge in [0.2, 0.25) is 5.82 Å². The van der Waals surface area contributed by atoms with Crippen molar-refractivity contribution in [2.75, 3.05) is 11.1 Å². The SMILES string of the molecule is Cc1nc(N)c(CNc2csc(CO)c2C)c[nH+]1. The van der Waals surface area contributed by atoms with E-state index in [0.29, 0.717) is 12.4 Å². The molecule has 0 spiro atoms. The third-order valence-electron chi connectivity index (χ3n) is 2.83. The molecule has 6 heteroatoms. The van der Waals surface area contributed by atoms with Crippen molar-refractivity contribution in [2.45, 2.75) is 27.0 Å². The zero-order chi connectivity index (χ0) is 13.1. The van der Waals surface area contributed by atoms with Crippen LogP contribution in [-0.4, -0.2) is 10.1 Å². The van der Waals surface area contributed by atoms with Gasteiger partial charge in [-0.1, -0.05) is 0 Å². The first-order valence-electron chi connectivity index (χ1n) is 5.67. The number of aliphatic hydroxyl groups is 1. The number of aromatic nitrogens is 2. The van der Waals surface area contributed by atoms with Crippen LogP contribution >= 0.6 is 11.3 Å². The van der Waals surface area contributed by atoms with E-state index in [-0.39, 0.29) is 6.61 Å².